The zero-order chi connectivity index (χ0) is 15.2. The monoisotopic (exact) mass is 290 g/mol. The van der Waals surface area contributed by atoms with Crippen LogP contribution in [0.15, 0.2) is 39.5 Å². The molecule has 21 heavy (non-hydrogen) atoms. The maximum absolute atomic E-state index is 11.9. The number of amides is 1. The van der Waals surface area contributed by atoms with Gasteiger partial charge in [-0.3, -0.25) is 9.59 Å². The van der Waals surface area contributed by atoms with Crippen LogP contribution in [0.1, 0.15) is 17.5 Å². The first-order valence-corrected chi connectivity index (χ1v) is 6.78. The molecule has 6 nitrogen and oxygen atoms in total. The number of fused-ring (bicyclic) bond motifs is 1. The highest BCUT2D eigenvalue weighted by Crippen LogP contribution is 2.11. The normalized spacial score (nSPS) is 12.3. The zero-order valence-corrected chi connectivity index (χ0v) is 11.8. The molecular formula is C15H18N2O4. The topological polar surface area (TPSA) is 91.6 Å². The van der Waals surface area contributed by atoms with Crippen molar-refractivity contribution in [2.24, 2.45) is 0 Å². The first kappa shape index (κ1) is 15.2. The average molecular weight is 290 g/mol. The molecule has 0 aliphatic carbocycles. The Morgan fingerprint density at radius 3 is 2.86 bits per heavy atom. The van der Waals surface area contributed by atoms with E-state index < -0.39 is 12.0 Å². The third-order valence-corrected chi connectivity index (χ3v) is 2.89. The van der Waals surface area contributed by atoms with Gasteiger partial charge in [-0.25, -0.2) is 0 Å². The van der Waals surface area contributed by atoms with Crippen LogP contribution in [0.3, 0.4) is 0 Å². The number of benzene rings is 1. The molecule has 1 heterocycles. The number of para-hydroxylation sites is 1. The van der Waals surface area contributed by atoms with Gasteiger partial charge in [0, 0.05) is 25.7 Å². The number of carbonyl (C=O) groups is 1. The Hall–Kier alpha value is -2.18. The average Bonchev–Trinajstić information content (AvgIpc) is 2.46. The summed E-state index contributed by atoms with van der Waals surface area (Å²) in [6.07, 6.45) is -0.431. The van der Waals surface area contributed by atoms with Crippen LogP contribution >= 0.6 is 0 Å². The van der Waals surface area contributed by atoms with Gasteiger partial charge in [0.25, 0.3) is 5.91 Å². The fraction of sp³-hybridized carbons (Fsp3) is 0.333. The summed E-state index contributed by atoms with van der Waals surface area (Å²) in [5, 5.41) is 15.1. The molecule has 6 heteroatoms. The Morgan fingerprint density at radius 2 is 2.10 bits per heavy atom. The molecule has 0 saturated heterocycles. The lowest BCUT2D eigenvalue weighted by Gasteiger charge is -2.08. The fourth-order valence-corrected chi connectivity index (χ4v) is 1.88. The van der Waals surface area contributed by atoms with Gasteiger partial charge in [0.05, 0.1) is 11.5 Å². The highest BCUT2D eigenvalue weighted by molar-refractivity contribution is 5.93. The second-order valence-corrected chi connectivity index (χ2v) is 4.78. The predicted octanol–water partition coefficient (Wildman–Crippen LogP) is 0.493. The minimum atomic E-state index is -0.434. The molecule has 1 aromatic carbocycles. The van der Waals surface area contributed by atoms with Crippen molar-refractivity contribution in [3.05, 3.63) is 46.3 Å². The van der Waals surface area contributed by atoms with Crippen LogP contribution in [0.25, 0.3) is 11.0 Å². The third-order valence-electron chi connectivity index (χ3n) is 2.89. The summed E-state index contributed by atoms with van der Waals surface area (Å²) in [7, 11) is 0. The number of nitrogens with one attached hydrogen (secondary N) is 2. The molecule has 1 atom stereocenters. The van der Waals surface area contributed by atoms with E-state index in [9.17, 15) is 9.59 Å². The summed E-state index contributed by atoms with van der Waals surface area (Å²) >= 11 is 0. The molecule has 1 aromatic heterocycles. The number of carbonyl (C=O) groups excluding carboxylic acids is 1. The molecule has 0 radical (unpaired) electrons. The Labute approximate surface area is 121 Å². The predicted molar refractivity (Wildman–Crippen MR) is 79.4 cm³/mol. The van der Waals surface area contributed by atoms with Crippen molar-refractivity contribution in [3.63, 3.8) is 0 Å². The molecule has 2 aromatic rings. The van der Waals surface area contributed by atoms with E-state index in [4.69, 9.17) is 9.52 Å². The van der Waals surface area contributed by atoms with E-state index in [1.807, 2.05) is 0 Å². The first-order valence-electron chi connectivity index (χ1n) is 6.78. The van der Waals surface area contributed by atoms with Crippen molar-refractivity contribution in [2.45, 2.75) is 13.0 Å². The molecule has 0 saturated carbocycles. The zero-order valence-electron chi connectivity index (χ0n) is 11.8. The molecular weight excluding hydrogens is 272 g/mol. The van der Waals surface area contributed by atoms with Crippen molar-refractivity contribution in [3.8, 4) is 0 Å². The molecule has 0 fully saturated rings. The van der Waals surface area contributed by atoms with E-state index >= 15 is 0 Å². The minimum Gasteiger partial charge on any atom is -0.451 e. The van der Waals surface area contributed by atoms with E-state index in [-0.39, 0.29) is 11.2 Å². The standard InChI is InChI=1S/C15H18N2O4/c1-10(18)9-16-6-7-17-15(20)14-8-12(19)11-4-2-3-5-13(11)21-14/h2-5,8,10,16,18H,6-7,9H2,1H3,(H,17,20). The van der Waals surface area contributed by atoms with E-state index in [1.54, 1.807) is 31.2 Å². The van der Waals surface area contributed by atoms with Gasteiger partial charge in [0.1, 0.15) is 5.58 Å². The van der Waals surface area contributed by atoms with Crippen LogP contribution in [-0.4, -0.2) is 36.8 Å². The van der Waals surface area contributed by atoms with Gasteiger partial charge in [-0.2, -0.15) is 0 Å². The van der Waals surface area contributed by atoms with E-state index in [0.29, 0.717) is 30.6 Å². The highest BCUT2D eigenvalue weighted by atomic mass is 16.3. The van der Waals surface area contributed by atoms with Crippen molar-refractivity contribution in [1.82, 2.24) is 10.6 Å². The second-order valence-electron chi connectivity index (χ2n) is 4.78. The van der Waals surface area contributed by atoms with Gasteiger partial charge >= 0.3 is 0 Å². The number of hydrogen-bond donors (Lipinski definition) is 3. The summed E-state index contributed by atoms with van der Waals surface area (Å²) in [4.78, 5) is 23.8. The number of aliphatic hydroxyl groups excluding tert-OH is 1. The summed E-state index contributed by atoms with van der Waals surface area (Å²) in [5.41, 5.74) is 0.150. The fourth-order valence-electron chi connectivity index (χ4n) is 1.88. The Morgan fingerprint density at radius 1 is 1.33 bits per heavy atom. The number of rotatable bonds is 6. The van der Waals surface area contributed by atoms with Crippen LogP contribution < -0.4 is 16.1 Å². The quantitative estimate of drug-likeness (QED) is 0.674. The van der Waals surface area contributed by atoms with E-state index in [0.717, 1.165) is 0 Å². The smallest absolute Gasteiger partial charge is 0.287 e. The molecule has 0 spiro atoms. The van der Waals surface area contributed by atoms with Crippen LogP contribution in [0.4, 0.5) is 0 Å². The van der Waals surface area contributed by atoms with Gasteiger partial charge < -0.3 is 20.2 Å². The molecule has 0 bridgehead atoms. The molecule has 112 valence electrons. The van der Waals surface area contributed by atoms with E-state index in [2.05, 4.69) is 10.6 Å². The lowest BCUT2D eigenvalue weighted by molar-refractivity contribution is 0.0926. The number of aliphatic hydroxyl groups is 1. The SMILES string of the molecule is CC(O)CNCCNC(=O)c1cc(=O)c2ccccc2o1. The summed E-state index contributed by atoms with van der Waals surface area (Å²) in [5.74, 6) is -0.439. The first-order chi connectivity index (χ1) is 10.1. The van der Waals surface area contributed by atoms with Crippen molar-refractivity contribution >= 4 is 16.9 Å². The van der Waals surface area contributed by atoms with Crippen molar-refractivity contribution < 1.29 is 14.3 Å². The van der Waals surface area contributed by atoms with Gasteiger partial charge in [-0.15, -0.1) is 0 Å². The lowest BCUT2D eigenvalue weighted by Crippen LogP contribution is -2.34. The molecule has 0 aliphatic heterocycles. The lowest BCUT2D eigenvalue weighted by atomic mass is 10.2. The second kappa shape index (κ2) is 7.01. The molecule has 0 aliphatic rings. The highest BCUT2D eigenvalue weighted by Gasteiger charge is 2.11. The Bertz CT molecular complexity index is 679. The summed E-state index contributed by atoms with van der Waals surface area (Å²) in [6.45, 7) is 3.03. The van der Waals surface area contributed by atoms with Crippen LogP contribution in [0, 0.1) is 0 Å². The van der Waals surface area contributed by atoms with Gasteiger partial charge in [0.2, 0.25) is 0 Å². The van der Waals surface area contributed by atoms with E-state index in [1.165, 1.54) is 6.07 Å². The van der Waals surface area contributed by atoms with Crippen molar-refractivity contribution in [2.75, 3.05) is 19.6 Å². The van der Waals surface area contributed by atoms with Gasteiger partial charge in [0.15, 0.2) is 11.2 Å². The number of hydrogen-bond acceptors (Lipinski definition) is 5. The van der Waals surface area contributed by atoms with Crippen LogP contribution in [0.2, 0.25) is 0 Å². The summed E-state index contributed by atoms with van der Waals surface area (Å²) < 4.78 is 5.43. The van der Waals surface area contributed by atoms with Gasteiger partial charge in [-0.05, 0) is 19.1 Å². The maximum atomic E-state index is 11.9. The molecule has 1 unspecified atom stereocenters. The van der Waals surface area contributed by atoms with Crippen LogP contribution in [0.5, 0.6) is 0 Å². The Kier molecular flexibility index (Phi) is 5.08. The third kappa shape index (κ3) is 4.14. The summed E-state index contributed by atoms with van der Waals surface area (Å²) in [6, 6.07) is 7.99. The van der Waals surface area contributed by atoms with Gasteiger partial charge in [-0.1, -0.05) is 12.1 Å². The van der Waals surface area contributed by atoms with Crippen LogP contribution in [-0.2, 0) is 0 Å². The molecule has 2 rings (SSSR count). The Balaban J connectivity index is 1.98. The maximum Gasteiger partial charge on any atom is 0.287 e. The minimum absolute atomic E-state index is 0.00535. The molecule has 1 amide bonds. The van der Waals surface area contributed by atoms with Crippen molar-refractivity contribution in [1.29, 1.82) is 0 Å². The molecule has 3 N–H and O–H groups in total. The largest absolute Gasteiger partial charge is 0.451 e.